The van der Waals surface area contributed by atoms with Gasteiger partial charge < -0.3 is 10.7 Å². The van der Waals surface area contributed by atoms with Crippen molar-refractivity contribution in [3.63, 3.8) is 0 Å². The number of hydrogen-bond donors (Lipinski definition) is 1. The minimum atomic E-state index is -8.54. The van der Waals surface area contributed by atoms with Crippen LogP contribution in [0.3, 0.4) is 0 Å². The fourth-order valence-electron chi connectivity index (χ4n) is 1.47. The van der Waals surface area contributed by atoms with Crippen LogP contribution in [-0.4, -0.2) is 60.2 Å². The summed E-state index contributed by atoms with van der Waals surface area (Å²) in [5, 5.41) is -7.81. The number of alkyl halides is 16. The van der Waals surface area contributed by atoms with E-state index in [9.17, 15) is 83.2 Å². The van der Waals surface area contributed by atoms with E-state index >= 15 is 0 Å². The van der Waals surface area contributed by atoms with E-state index in [4.69, 9.17) is 0 Å². The summed E-state index contributed by atoms with van der Waals surface area (Å²) in [7, 11) is -8.03. The van der Waals surface area contributed by atoms with Gasteiger partial charge in [-0.2, -0.15) is 65.9 Å². The van der Waals surface area contributed by atoms with Gasteiger partial charge in [0.25, 0.3) is 0 Å². The fraction of sp³-hybridized carbons (Fsp3) is 1.00. The molecule has 4 nitrogen and oxygen atoms in total. The van der Waals surface area contributed by atoms with E-state index in [2.05, 4.69) is 0 Å². The van der Waals surface area contributed by atoms with Gasteiger partial charge in [-0.25, -0.2) is 12.8 Å². The monoisotopic (exact) mass is 513 g/mol. The number of halogens is 16. The normalized spacial score (nSPS) is 16.8. The van der Waals surface area contributed by atoms with Crippen LogP contribution in [0.1, 0.15) is 6.42 Å². The molecule has 0 spiro atoms. The van der Waals surface area contributed by atoms with Crippen LogP contribution >= 0.6 is 0 Å². The molecule has 4 N–H and O–H groups in total. The first-order chi connectivity index (χ1) is 12.1. The van der Waals surface area contributed by atoms with Crippen LogP contribution in [0, 0.1) is 0 Å². The average molecular weight is 513 g/mol. The second-order valence-corrected chi connectivity index (χ2v) is 6.60. The van der Waals surface area contributed by atoms with Gasteiger partial charge >= 0.3 is 41.0 Å². The average Bonchev–Trinajstić information content (AvgIpc) is 2.42. The van der Waals surface area contributed by atoms with Crippen LogP contribution in [0.15, 0.2) is 0 Å². The van der Waals surface area contributed by atoms with Crippen molar-refractivity contribution in [2.75, 3.05) is 0 Å². The number of rotatable bonds is 8. The highest BCUT2D eigenvalue weighted by atomic mass is 32.2. The quantitative estimate of drug-likeness (QED) is 0.367. The van der Waals surface area contributed by atoms with Crippen molar-refractivity contribution in [1.82, 2.24) is 6.15 Å². The van der Waals surface area contributed by atoms with E-state index in [1.807, 2.05) is 0 Å². The third-order valence-corrected chi connectivity index (χ3v) is 3.97. The summed E-state index contributed by atoms with van der Waals surface area (Å²) in [6, 6.07) is 0. The molecule has 1 unspecified atom stereocenters. The van der Waals surface area contributed by atoms with Crippen LogP contribution < -0.4 is 6.15 Å². The third-order valence-electron chi connectivity index (χ3n) is 3.09. The Morgan fingerprint density at radius 3 is 1.20 bits per heavy atom. The van der Waals surface area contributed by atoms with Gasteiger partial charge in [-0.3, -0.25) is 0 Å². The zero-order valence-electron chi connectivity index (χ0n) is 13.5. The first-order valence-electron chi connectivity index (χ1n) is 6.06. The molecule has 0 saturated carbocycles. The Balaban J connectivity index is 0. The summed E-state index contributed by atoms with van der Waals surface area (Å²) in [6.45, 7) is 0. The lowest BCUT2D eigenvalue weighted by Crippen LogP contribution is -2.72. The van der Waals surface area contributed by atoms with Gasteiger partial charge in [0.1, 0.15) is 0 Å². The molecule has 0 rings (SSSR count). The highest BCUT2D eigenvalue weighted by Crippen LogP contribution is 2.61. The second kappa shape index (κ2) is 7.71. The van der Waals surface area contributed by atoms with Crippen molar-refractivity contribution in [1.29, 1.82) is 0 Å². The van der Waals surface area contributed by atoms with E-state index in [0.29, 0.717) is 0 Å². The van der Waals surface area contributed by atoms with E-state index in [1.54, 1.807) is 0 Å². The fourth-order valence-corrected chi connectivity index (χ4v) is 1.91. The molecule has 0 fully saturated rings. The molecule has 0 aromatic carbocycles. The van der Waals surface area contributed by atoms with Crippen LogP contribution in [0.5, 0.6) is 0 Å². The topological polar surface area (TPSA) is 93.7 Å². The zero-order chi connectivity index (χ0) is 24.3. The van der Waals surface area contributed by atoms with E-state index in [-0.39, 0.29) is 6.15 Å². The molecule has 21 heteroatoms. The molecular weight excluding hydrogens is 506 g/mol. The van der Waals surface area contributed by atoms with E-state index in [1.165, 1.54) is 0 Å². The largest absolute Gasteiger partial charge is 0.743 e. The SMILES string of the molecule is O=S(=O)([O-])C(F)(F)C(F)(F)C(F)(F)C(F)(F)C(F)(F)C(F)(F)C(F)CC(F)(F)F.[NH4+]. The summed E-state index contributed by atoms with van der Waals surface area (Å²) in [4.78, 5) is 0. The lowest BCUT2D eigenvalue weighted by Gasteiger charge is -2.42. The first-order valence-corrected chi connectivity index (χ1v) is 7.47. The van der Waals surface area contributed by atoms with E-state index in [0.717, 1.165) is 0 Å². The van der Waals surface area contributed by atoms with Crippen LogP contribution in [-0.2, 0) is 10.1 Å². The van der Waals surface area contributed by atoms with Gasteiger partial charge in [0.15, 0.2) is 16.3 Å². The molecule has 0 aromatic heterocycles. The van der Waals surface area contributed by atoms with Crippen molar-refractivity contribution in [3.8, 4) is 0 Å². The molecule has 0 aliphatic carbocycles. The summed E-state index contributed by atoms with van der Waals surface area (Å²) in [5.41, 5.74) is 0. The predicted octanol–water partition coefficient (Wildman–Crippen LogP) is 4.97. The van der Waals surface area contributed by atoms with Crippen molar-refractivity contribution in [3.05, 3.63) is 0 Å². The Bertz CT molecular complexity index is 714. The van der Waals surface area contributed by atoms with E-state index < -0.39 is 63.8 Å². The zero-order valence-corrected chi connectivity index (χ0v) is 14.3. The van der Waals surface area contributed by atoms with Crippen LogP contribution in [0.4, 0.5) is 70.2 Å². The molecule has 0 radical (unpaired) electrons. The molecule has 30 heavy (non-hydrogen) atoms. The molecule has 0 heterocycles. The lowest BCUT2D eigenvalue weighted by atomic mass is 9.91. The highest BCUT2D eigenvalue weighted by Gasteiger charge is 2.91. The Kier molecular flexibility index (Phi) is 7.95. The maximum atomic E-state index is 13.1. The van der Waals surface area contributed by atoms with Crippen molar-refractivity contribution >= 4 is 10.1 Å². The Morgan fingerprint density at radius 1 is 0.633 bits per heavy atom. The minimum Gasteiger partial charge on any atom is -0.743 e. The number of hydrogen-bond acceptors (Lipinski definition) is 3. The van der Waals surface area contributed by atoms with Gasteiger partial charge in [-0.15, -0.1) is 0 Å². The Hall–Kier alpha value is -1.25. The summed E-state index contributed by atoms with van der Waals surface area (Å²) < 4.78 is 234. The molecule has 184 valence electrons. The minimum absolute atomic E-state index is 0. The standard InChI is InChI=1S/C9H4F16O3S.H3N/c10-2(1-3(11,12)13)4(14,15)5(16,17)6(18,19)7(20,21)8(22,23)9(24,25)29(26,27)28;/h2H,1H2,(H,26,27,28);1H3. The lowest BCUT2D eigenvalue weighted by molar-refractivity contribution is -0.422. The highest BCUT2D eigenvalue weighted by molar-refractivity contribution is 7.86. The maximum Gasteiger partial charge on any atom is 0.402 e. The maximum absolute atomic E-state index is 13.1. The summed E-state index contributed by atoms with van der Waals surface area (Å²) in [6.07, 6.45) is -15.3. The Morgan fingerprint density at radius 2 is 0.933 bits per heavy atom. The van der Waals surface area contributed by atoms with Crippen molar-refractivity contribution < 1.29 is 83.2 Å². The van der Waals surface area contributed by atoms with Crippen molar-refractivity contribution in [2.24, 2.45) is 0 Å². The van der Waals surface area contributed by atoms with Gasteiger partial charge in [0, 0.05) is 0 Å². The van der Waals surface area contributed by atoms with Crippen LogP contribution in [0.25, 0.3) is 0 Å². The van der Waals surface area contributed by atoms with Gasteiger partial charge in [0.2, 0.25) is 0 Å². The molecule has 0 aliphatic rings. The molecule has 0 saturated heterocycles. The number of quaternary nitrogens is 1. The first kappa shape index (κ1) is 30.9. The smallest absolute Gasteiger partial charge is 0.402 e. The van der Waals surface area contributed by atoms with Gasteiger partial charge in [-0.05, 0) is 0 Å². The molecular formula is C9H7F16NO3S. The molecule has 0 aromatic rings. The molecule has 0 aliphatic heterocycles. The van der Waals surface area contributed by atoms with Gasteiger partial charge in [0.05, 0.1) is 6.42 Å². The van der Waals surface area contributed by atoms with Gasteiger partial charge in [-0.1, -0.05) is 0 Å². The molecule has 0 amide bonds. The predicted molar refractivity (Wildman–Crippen MR) is 60.9 cm³/mol. The molecule has 0 bridgehead atoms. The third kappa shape index (κ3) is 4.36. The van der Waals surface area contributed by atoms with Crippen molar-refractivity contribution in [2.45, 2.75) is 53.6 Å². The Labute approximate surface area is 154 Å². The summed E-state index contributed by atoms with van der Waals surface area (Å²) in [5.74, 6) is -41.1. The second-order valence-electron chi connectivity index (χ2n) is 5.18. The molecule has 1 atom stereocenters. The summed E-state index contributed by atoms with van der Waals surface area (Å²) >= 11 is 0. The van der Waals surface area contributed by atoms with Crippen LogP contribution in [0.2, 0.25) is 0 Å².